The fraction of sp³-hybridized carbons (Fsp3) is 0.333. The van der Waals surface area contributed by atoms with Crippen LogP contribution in [0.25, 0.3) is 0 Å². The van der Waals surface area contributed by atoms with Gasteiger partial charge in [0.25, 0.3) is 0 Å². The minimum absolute atomic E-state index is 0.346. The molecule has 1 aromatic heterocycles. The number of benzene rings is 1. The minimum Gasteiger partial charge on any atom is -0.380 e. The molecule has 7 heteroatoms. The van der Waals surface area contributed by atoms with Crippen molar-refractivity contribution in [2.24, 2.45) is 0 Å². The van der Waals surface area contributed by atoms with E-state index in [1.54, 1.807) is 34.8 Å². The fourth-order valence-corrected chi connectivity index (χ4v) is 4.65. The maximum absolute atomic E-state index is 13.0. The van der Waals surface area contributed by atoms with Gasteiger partial charge in [-0.3, -0.25) is 0 Å². The molecule has 0 atom stereocenters. The van der Waals surface area contributed by atoms with Gasteiger partial charge < -0.3 is 5.32 Å². The number of piperidine rings is 1. The zero-order valence-electron chi connectivity index (χ0n) is 13.9. The standard InChI is InChI=1S/C18H20N4O2S/c19-12-16-8-9-17(14-21-16)20-13-15-6-2-3-7-18(15)25(23,24)22-10-4-1-5-11-22/h2-3,6-9,14,20H,1,4-5,10-11,13H2. The number of aromatic nitrogens is 1. The maximum Gasteiger partial charge on any atom is 0.243 e. The Hall–Kier alpha value is -2.43. The Balaban J connectivity index is 1.79. The molecule has 2 heterocycles. The van der Waals surface area contributed by atoms with Crippen LogP contribution in [0, 0.1) is 11.3 Å². The van der Waals surface area contributed by atoms with E-state index in [0.717, 1.165) is 30.5 Å². The summed E-state index contributed by atoms with van der Waals surface area (Å²) in [5.41, 5.74) is 1.81. The smallest absolute Gasteiger partial charge is 0.243 e. The second-order valence-corrected chi connectivity index (χ2v) is 7.88. The zero-order chi connectivity index (χ0) is 17.7. The maximum atomic E-state index is 13.0. The van der Waals surface area contributed by atoms with Crippen molar-refractivity contribution in [2.75, 3.05) is 18.4 Å². The van der Waals surface area contributed by atoms with Crippen molar-refractivity contribution in [2.45, 2.75) is 30.7 Å². The molecular formula is C18H20N4O2S. The van der Waals surface area contributed by atoms with E-state index < -0.39 is 10.0 Å². The summed E-state index contributed by atoms with van der Waals surface area (Å²) in [4.78, 5) is 4.36. The molecule has 25 heavy (non-hydrogen) atoms. The summed E-state index contributed by atoms with van der Waals surface area (Å²) in [6.07, 6.45) is 4.48. The number of nitrogens with one attached hydrogen (secondary N) is 1. The first kappa shape index (κ1) is 17.4. The predicted molar refractivity (Wildman–Crippen MR) is 95.3 cm³/mol. The summed E-state index contributed by atoms with van der Waals surface area (Å²) >= 11 is 0. The molecule has 0 aliphatic carbocycles. The van der Waals surface area contributed by atoms with Crippen molar-refractivity contribution in [3.8, 4) is 6.07 Å². The summed E-state index contributed by atoms with van der Waals surface area (Å²) in [7, 11) is -3.47. The molecule has 0 amide bonds. The highest BCUT2D eigenvalue weighted by Gasteiger charge is 2.27. The Kier molecular flexibility index (Phi) is 5.31. The molecule has 2 aromatic rings. The first-order chi connectivity index (χ1) is 12.1. The molecule has 1 fully saturated rings. The molecule has 1 aliphatic rings. The second-order valence-electron chi connectivity index (χ2n) is 5.97. The van der Waals surface area contributed by atoms with E-state index in [1.807, 2.05) is 18.2 Å². The lowest BCUT2D eigenvalue weighted by molar-refractivity contribution is 0.346. The van der Waals surface area contributed by atoms with Crippen LogP contribution >= 0.6 is 0 Å². The highest BCUT2D eigenvalue weighted by atomic mass is 32.2. The number of nitriles is 1. The Morgan fingerprint density at radius 3 is 2.56 bits per heavy atom. The molecule has 3 rings (SSSR count). The van der Waals surface area contributed by atoms with Crippen LogP contribution in [-0.4, -0.2) is 30.8 Å². The van der Waals surface area contributed by atoms with Gasteiger partial charge in [0.1, 0.15) is 11.8 Å². The quantitative estimate of drug-likeness (QED) is 0.890. The Morgan fingerprint density at radius 2 is 1.88 bits per heavy atom. The topological polar surface area (TPSA) is 86.1 Å². The van der Waals surface area contributed by atoms with Crippen LogP contribution in [0.1, 0.15) is 30.5 Å². The van der Waals surface area contributed by atoms with Gasteiger partial charge in [-0.1, -0.05) is 24.6 Å². The van der Waals surface area contributed by atoms with E-state index in [9.17, 15) is 8.42 Å². The molecule has 6 nitrogen and oxygen atoms in total. The van der Waals surface area contributed by atoms with E-state index in [-0.39, 0.29) is 0 Å². The summed E-state index contributed by atoms with van der Waals surface area (Å²) in [5, 5.41) is 12.0. The van der Waals surface area contributed by atoms with Gasteiger partial charge in [-0.15, -0.1) is 0 Å². The summed E-state index contributed by atoms with van der Waals surface area (Å²) in [6, 6.07) is 12.4. The summed E-state index contributed by atoms with van der Waals surface area (Å²) in [5.74, 6) is 0. The molecule has 1 aliphatic heterocycles. The number of sulfonamides is 1. The Bertz CT molecular complexity index is 867. The monoisotopic (exact) mass is 356 g/mol. The number of hydrogen-bond donors (Lipinski definition) is 1. The summed E-state index contributed by atoms with van der Waals surface area (Å²) in [6.45, 7) is 1.55. The number of rotatable bonds is 5. The SMILES string of the molecule is N#Cc1ccc(NCc2ccccc2S(=O)(=O)N2CCCCC2)cn1. The van der Waals surface area contributed by atoms with Gasteiger partial charge in [0, 0.05) is 19.6 Å². The molecular weight excluding hydrogens is 336 g/mol. The molecule has 1 aromatic carbocycles. The first-order valence-corrected chi connectivity index (χ1v) is 9.73. The lowest BCUT2D eigenvalue weighted by Crippen LogP contribution is -2.36. The average Bonchev–Trinajstić information content (AvgIpc) is 2.67. The molecule has 1 saturated heterocycles. The van der Waals surface area contributed by atoms with Crippen LogP contribution in [-0.2, 0) is 16.6 Å². The normalized spacial score (nSPS) is 15.5. The van der Waals surface area contributed by atoms with Gasteiger partial charge in [-0.2, -0.15) is 9.57 Å². The lowest BCUT2D eigenvalue weighted by atomic mass is 10.2. The van der Waals surface area contributed by atoms with E-state index in [2.05, 4.69) is 10.3 Å². The number of nitrogens with zero attached hydrogens (tertiary/aromatic N) is 3. The summed E-state index contributed by atoms with van der Waals surface area (Å²) < 4.78 is 27.5. The van der Waals surface area contributed by atoms with Gasteiger partial charge >= 0.3 is 0 Å². The largest absolute Gasteiger partial charge is 0.380 e. The van der Waals surface area contributed by atoms with Crippen LogP contribution in [0.2, 0.25) is 0 Å². The molecule has 130 valence electrons. The number of anilines is 1. The molecule has 0 saturated carbocycles. The third-order valence-corrected chi connectivity index (χ3v) is 6.27. The second kappa shape index (κ2) is 7.64. The minimum atomic E-state index is -3.47. The van der Waals surface area contributed by atoms with Crippen molar-refractivity contribution < 1.29 is 8.42 Å². The van der Waals surface area contributed by atoms with Gasteiger partial charge in [0.15, 0.2) is 0 Å². The van der Waals surface area contributed by atoms with E-state index in [4.69, 9.17) is 5.26 Å². The van der Waals surface area contributed by atoms with E-state index >= 15 is 0 Å². The van der Waals surface area contributed by atoms with Crippen molar-refractivity contribution in [3.05, 3.63) is 53.9 Å². The highest BCUT2D eigenvalue weighted by Crippen LogP contribution is 2.24. The number of pyridine rings is 1. The molecule has 0 radical (unpaired) electrons. The van der Waals surface area contributed by atoms with Crippen LogP contribution in [0.15, 0.2) is 47.5 Å². The van der Waals surface area contributed by atoms with Gasteiger partial charge in [-0.05, 0) is 36.6 Å². The van der Waals surface area contributed by atoms with Gasteiger partial charge in [0.2, 0.25) is 10.0 Å². The average molecular weight is 356 g/mol. The zero-order valence-corrected chi connectivity index (χ0v) is 14.7. The fourth-order valence-electron chi connectivity index (χ4n) is 2.91. The van der Waals surface area contributed by atoms with Crippen molar-refractivity contribution >= 4 is 15.7 Å². The van der Waals surface area contributed by atoms with Gasteiger partial charge in [0.05, 0.1) is 16.8 Å². The predicted octanol–water partition coefficient (Wildman–Crippen LogP) is 2.74. The van der Waals surface area contributed by atoms with E-state index in [0.29, 0.717) is 30.2 Å². The molecule has 1 N–H and O–H groups in total. The van der Waals surface area contributed by atoms with E-state index in [1.165, 1.54) is 0 Å². The Labute approximate surface area is 148 Å². The van der Waals surface area contributed by atoms with Crippen LogP contribution < -0.4 is 5.32 Å². The van der Waals surface area contributed by atoms with Crippen LogP contribution in [0.3, 0.4) is 0 Å². The molecule has 0 spiro atoms. The molecule has 0 unspecified atom stereocenters. The van der Waals surface area contributed by atoms with Crippen molar-refractivity contribution in [1.29, 1.82) is 5.26 Å². The molecule has 0 bridgehead atoms. The first-order valence-electron chi connectivity index (χ1n) is 8.29. The van der Waals surface area contributed by atoms with Crippen LogP contribution in [0.5, 0.6) is 0 Å². The third-order valence-electron chi connectivity index (χ3n) is 4.27. The number of hydrogen-bond acceptors (Lipinski definition) is 5. The van der Waals surface area contributed by atoms with Crippen LogP contribution in [0.4, 0.5) is 5.69 Å². The highest BCUT2D eigenvalue weighted by molar-refractivity contribution is 7.89. The third kappa shape index (κ3) is 3.98. The lowest BCUT2D eigenvalue weighted by Gasteiger charge is -2.26. The van der Waals surface area contributed by atoms with Gasteiger partial charge in [-0.25, -0.2) is 13.4 Å². The Morgan fingerprint density at radius 1 is 1.12 bits per heavy atom. The van der Waals surface area contributed by atoms with Crippen molar-refractivity contribution in [1.82, 2.24) is 9.29 Å². The van der Waals surface area contributed by atoms with Crippen molar-refractivity contribution in [3.63, 3.8) is 0 Å².